The molecule has 0 radical (unpaired) electrons. The Morgan fingerprint density at radius 3 is 2.78 bits per heavy atom. The molecule has 2 N–H and O–H groups in total. The van der Waals surface area contributed by atoms with Crippen molar-refractivity contribution in [3.05, 3.63) is 58.0 Å². The fourth-order valence-electron chi connectivity index (χ4n) is 1.97. The fraction of sp³-hybridized carbons (Fsp3) is 0.250. The molecule has 0 aliphatic heterocycles. The summed E-state index contributed by atoms with van der Waals surface area (Å²) >= 11 is 7.38. The van der Waals surface area contributed by atoms with E-state index in [1.54, 1.807) is 13.0 Å². The molecule has 1 aromatic heterocycles. The van der Waals surface area contributed by atoms with E-state index >= 15 is 0 Å². The van der Waals surface area contributed by atoms with E-state index in [-0.39, 0.29) is 18.0 Å². The summed E-state index contributed by atoms with van der Waals surface area (Å²) in [6, 6.07) is 8.93. The maximum absolute atomic E-state index is 11.8. The van der Waals surface area contributed by atoms with E-state index in [9.17, 15) is 9.59 Å². The lowest BCUT2D eigenvalue weighted by atomic mass is 10.2. The number of halogens is 1. The van der Waals surface area contributed by atoms with Gasteiger partial charge in [0.15, 0.2) is 0 Å². The van der Waals surface area contributed by atoms with Crippen molar-refractivity contribution in [2.45, 2.75) is 19.2 Å². The van der Waals surface area contributed by atoms with Crippen molar-refractivity contribution in [2.75, 3.05) is 5.75 Å². The first kappa shape index (κ1) is 17.4. The van der Waals surface area contributed by atoms with Crippen LogP contribution in [0.1, 0.15) is 27.4 Å². The van der Waals surface area contributed by atoms with Crippen LogP contribution in [0.5, 0.6) is 0 Å². The molecule has 0 atom stereocenters. The molecule has 1 heterocycles. The van der Waals surface area contributed by atoms with Gasteiger partial charge >= 0.3 is 5.97 Å². The molecule has 0 aliphatic rings. The van der Waals surface area contributed by atoms with Crippen LogP contribution in [-0.2, 0) is 17.1 Å². The summed E-state index contributed by atoms with van der Waals surface area (Å²) in [6.07, 6.45) is 0. The van der Waals surface area contributed by atoms with Gasteiger partial charge in [0.2, 0.25) is 5.91 Å². The Kier molecular flexibility index (Phi) is 6.12. The van der Waals surface area contributed by atoms with Crippen molar-refractivity contribution in [1.82, 2.24) is 5.32 Å². The Labute approximate surface area is 143 Å². The van der Waals surface area contributed by atoms with Crippen molar-refractivity contribution in [3.63, 3.8) is 0 Å². The summed E-state index contributed by atoms with van der Waals surface area (Å²) in [6.45, 7) is 1.75. The number of carbonyl (C=O) groups excluding carboxylic acids is 1. The van der Waals surface area contributed by atoms with Crippen LogP contribution < -0.4 is 5.32 Å². The third-order valence-electron chi connectivity index (χ3n) is 3.05. The standard InChI is InChI=1S/C16H16ClNO4S/c1-10-14(16(20)21)6-13(22-10)7-18-15(19)9-23-8-11-3-2-4-12(17)5-11/h2-6H,7-9H2,1H3,(H,18,19)(H,20,21). The van der Waals surface area contributed by atoms with Gasteiger partial charge in [0.1, 0.15) is 17.1 Å². The molecule has 1 aromatic carbocycles. The topological polar surface area (TPSA) is 79.5 Å². The highest BCUT2D eigenvalue weighted by atomic mass is 35.5. The number of benzene rings is 1. The lowest BCUT2D eigenvalue weighted by Gasteiger charge is -2.04. The van der Waals surface area contributed by atoms with E-state index < -0.39 is 5.97 Å². The molecule has 2 rings (SSSR count). The monoisotopic (exact) mass is 353 g/mol. The minimum Gasteiger partial charge on any atom is -0.478 e. The minimum atomic E-state index is -1.04. The second-order valence-corrected chi connectivity index (χ2v) is 6.31. The van der Waals surface area contributed by atoms with Crippen LogP contribution in [0.3, 0.4) is 0 Å². The number of carboxylic acid groups (broad SMARTS) is 1. The summed E-state index contributed by atoms with van der Waals surface area (Å²) in [4.78, 5) is 22.7. The van der Waals surface area contributed by atoms with Crippen molar-refractivity contribution >= 4 is 35.2 Å². The smallest absolute Gasteiger partial charge is 0.339 e. The highest BCUT2D eigenvalue weighted by Gasteiger charge is 2.14. The lowest BCUT2D eigenvalue weighted by Crippen LogP contribution is -2.24. The maximum atomic E-state index is 11.8. The molecule has 23 heavy (non-hydrogen) atoms. The van der Waals surface area contributed by atoms with Crippen LogP contribution in [0.25, 0.3) is 0 Å². The number of nitrogens with one attached hydrogen (secondary N) is 1. The highest BCUT2D eigenvalue weighted by Crippen LogP contribution is 2.17. The molecule has 0 bridgehead atoms. The molecule has 122 valence electrons. The second-order valence-electron chi connectivity index (χ2n) is 4.89. The summed E-state index contributed by atoms with van der Waals surface area (Å²) in [5.74, 6) is 0.573. The van der Waals surface area contributed by atoms with Gasteiger partial charge in [0.05, 0.1) is 12.3 Å². The van der Waals surface area contributed by atoms with E-state index in [1.807, 2.05) is 18.2 Å². The predicted octanol–water partition coefficient (Wildman–Crippen LogP) is 3.49. The minimum absolute atomic E-state index is 0.115. The molecule has 0 unspecified atom stereocenters. The Morgan fingerprint density at radius 2 is 2.13 bits per heavy atom. The summed E-state index contributed by atoms with van der Waals surface area (Å²) in [5, 5.41) is 12.3. The molecule has 2 aromatic rings. The highest BCUT2D eigenvalue weighted by molar-refractivity contribution is 7.99. The van der Waals surface area contributed by atoms with Crippen LogP contribution in [0.15, 0.2) is 34.7 Å². The van der Waals surface area contributed by atoms with Gasteiger partial charge in [-0.1, -0.05) is 23.7 Å². The molecular formula is C16H16ClNO4S. The lowest BCUT2D eigenvalue weighted by molar-refractivity contribution is -0.118. The van der Waals surface area contributed by atoms with Crippen LogP contribution in [-0.4, -0.2) is 22.7 Å². The van der Waals surface area contributed by atoms with Gasteiger partial charge in [-0.05, 0) is 30.7 Å². The predicted molar refractivity (Wildman–Crippen MR) is 89.9 cm³/mol. The number of hydrogen-bond donors (Lipinski definition) is 2. The molecule has 5 nitrogen and oxygen atoms in total. The molecule has 0 aliphatic carbocycles. The van der Waals surface area contributed by atoms with E-state index in [0.29, 0.717) is 28.0 Å². The Hall–Kier alpha value is -1.92. The first-order valence-electron chi connectivity index (χ1n) is 6.87. The van der Waals surface area contributed by atoms with Gasteiger partial charge in [0.25, 0.3) is 0 Å². The number of rotatable bonds is 7. The quantitative estimate of drug-likeness (QED) is 0.796. The van der Waals surface area contributed by atoms with E-state index in [4.69, 9.17) is 21.1 Å². The number of carbonyl (C=O) groups is 2. The molecule has 1 amide bonds. The van der Waals surface area contributed by atoms with Gasteiger partial charge in [-0.3, -0.25) is 4.79 Å². The number of amides is 1. The summed E-state index contributed by atoms with van der Waals surface area (Å²) in [7, 11) is 0. The number of thioether (sulfide) groups is 1. The molecule has 7 heteroatoms. The van der Waals surface area contributed by atoms with Crippen molar-refractivity contribution < 1.29 is 19.1 Å². The van der Waals surface area contributed by atoms with E-state index in [1.165, 1.54) is 17.8 Å². The zero-order valence-corrected chi connectivity index (χ0v) is 14.0. The third kappa shape index (κ3) is 5.33. The fourth-order valence-corrected chi connectivity index (χ4v) is 2.99. The van der Waals surface area contributed by atoms with Crippen LogP contribution in [0.4, 0.5) is 0 Å². The Morgan fingerprint density at radius 1 is 1.35 bits per heavy atom. The van der Waals surface area contributed by atoms with Gasteiger partial charge in [0, 0.05) is 10.8 Å². The van der Waals surface area contributed by atoms with Gasteiger partial charge in [-0.15, -0.1) is 11.8 Å². The maximum Gasteiger partial charge on any atom is 0.339 e. The summed E-state index contributed by atoms with van der Waals surface area (Å²) < 4.78 is 5.30. The molecule has 0 spiro atoms. The average molecular weight is 354 g/mol. The molecule has 0 saturated carbocycles. The molecule has 0 fully saturated rings. The first-order chi connectivity index (χ1) is 11.0. The number of aromatic carboxylic acids is 1. The van der Waals surface area contributed by atoms with E-state index in [2.05, 4.69) is 5.32 Å². The molecule has 0 saturated heterocycles. The Balaban J connectivity index is 1.75. The number of carboxylic acids is 1. The zero-order chi connectivity index (χ0) is 16.8. The zero-order valence-electron chi connectivity index (χ0n) is 12.5. The largest absolute Gasteiger partial charge is 0.478 e. The number of furan rings is 1. The normalized spacial score (nSPS) is 10.5. The Bertz CT molecular complexity index is 714. The van der Waals surface area contributed by atoms with Gasteiger partial charge < -0.3 is 14.8 Å². The first-order valence-corrected chi connectivity index (χ1v) is 8.40. The second kappa shape index (κ2) is 8.08. The number of aryl methyl sites for hydroxylation is 1. The van der Waals surface area contributed by atoms with Crippen LogP contribution in [0.2, 0.25) is 5.02 Å². The van der Waals surface area contributed by atoms with Crippen molar-refractivity contribution in [2.24, 2.45) is 0 Å². The average Bonchev–Trinajstić information content (AvgIpc) is 2.86. The van der Waals surface area contributed by atoms with Gasteiger partial charge in [-0.2, -0.15) is 0 Å². The SMILES string of the molecule is Cc1oc(CNC(=O)CSCc2cccc(Cl)c2)cc1C(=O)O. The molecular weight excluding hydrogens is 338 g/mol. The summed E-state index contributed by atoms with van der Waals surface area (Å²) in [5.41, 5.74) is 1.17. The van der Waals surface area contributed by atoms with Crippen LogP contribution >= 0.6 is 23.4 Å². The van der Waals surface area contributed by atoms with Gasteiger partial charge in [-0.25, -0.2) is 4.79 Å². The van der Waals surface area contributed by atoms with E-state index in [0.717, 1.165) is 5.56 Å². The van der Waals surface area contributed by atoms with Crippen molar-refractivity contribution in [1.29, 1.82) is 0 Å². The third-order valence-corrected chi connectivity index (χ3v) is 4.29. The van der Waals surface area contributed by atoms with Crippen molar-refractivity contribution in [3.8, 4) is 0 Å². The number of hydrogen-bond acceptors (Lipinski definition) is 4. The van der Waals surface area contributed by atoms with Crippen LogP contribution in [0, 0.1) is 6.92 Å².